The van der Waals surface area contributed by atoms with E-state index in [0.717, 1.165) is 19.3 Å². The number of carbonyl (C=O) groups excluding carboxylic acids is 1. The monoisotopic (exact) mass is 237 g/mol. The molecular formula is C13H19NO3. The van der Waals surface area contributed by atoms with E-state index in [1.807, 2.05) is 0 Å². The highest BCUT2D eigenvalue weighted by Gasteiger charge is 2.51. The third kappa shape index (κ3) is 2.08. The average molecular weight is 237 g/mol. The standard InChI is InChI=1S/C13H19NO3/c1-2-4-12(5-3-6-12)10(15)14-9-13(7-8-13)11(16)17/h2H,1,3-9H2,(H,14,15)(H,16,17). The van der Waals surface area contributed by atoms with Crippen LogP contribution < -0.4 is 5.32 Å². The molecule has 94 valence electrons. The van der Waals surface area contributed by atoms with Gasteiger partial charge in [0.25, 0.3) is 0 Å². The van der Waals surface area contributed by atoms with Crippen molar-refractivity contribution in [1.29, 1.82) is 0 Å². The first-order valence-corrected chi connectivity index (χ1v) is 6.17. The quantitative estimate of drug-likeness (QED) is 0.691. The highest BCUT2D eigenvalue weighted by atomic mass is 16.4. The van der Waals surface area contributed by atoms with Crippen LogP contribution in [0.4, 0.5) is 0 Å². The predicted molar refractivity (Wildman–Crippen MR) is 63.4 cm³/mol. The van der Waals surface area contributed by atoms with Crippen molar-refractivity contribution in [2.75, 3.05) is 6.54 Å². The molecule has 17 heavy (non-hydrogen) atoms. The van der Waals surface area contributed by atoms with Crippen molar-refractivity contribution in [2.45, 2.75) is 38.5 Å². The first-order valence-electron chi connectivity index (χ1n) is 6.17. The number of nitrogens with one attached hydrogen (secondary N) is 1. The van der Waals surface area contributed by atoms with Crippen LogP contribution in [-0.4, -0.2) is 23.5 Å². The van der Waals surface area contributed by atoms with Gasteiger partial charge in [-0.15, -0.1) is 6.58 Å². The van der Waals surface area contributed by atoms with E-state index in [9.17, 15) is 9.59 Å². The van der Waals surface area contributed by atoms with Crippen LogP contribution in [0.3, 0.4) is 0 Å². The zero-order valence-corrected chi connectivity index (χ0v) is 10.00. The molecule has 0 aliphatic heterocycles. The summed E-state index contributed by atoms with van der Waals surface area (Å²) < 4.78 is 0. The molecule has 0 aromatic rings. The first-order chi connectivity index (χ1) is 8.05. The van der Waals surface area contributed by atoms with E-state index in [-0.39, 0.29) is 17.9 Å². The van der Waals surface area contributed by atoms with Gasteiger partial charge >= 0.3 is 5.97 Å². The zero-order valence-electron chi connectivity index (χ0n) is 10.00. The molecule has 0 aromatic carbocycles. The van der Waals surface area contributed by atoms with Crippen LogP contribution in [0.1, 0.15) is 38.5 Å². The van der Waals surface area contributed by atoms with E-state index < -0.39 is 11.4 Å². The number of hydrogen-bond acceptors (Lipinski definition) is 2. The number of rotatable bonds is 6. The van der Waals surface area contributed by atoms with Crippen LogP contribution in [0.2, 0.25) is 0 Å². The molecule has 2 fully saturated rings. The van der Waals surface area contributed by atoms with Crippen molar-refractivity contribution in [1.82, 2.24) is 5.32 Å². The van der Waals surface area contributed by atoms with Gasteiger partial charge in [0.05, 0.1) is 10.8 Å². The molecule has 2 aliphatic carbocycles. The van der Waals surface area contributed by atoms with Gasteiger partial charge in [0.1, 0.15) is 0 Å². The second kappa shape index (κ2) is 4.17. The van der Waals surface area contributed by atoms with Crippen molar-refractivity contribution >= 4 is 11.9 Å². The Morgan fingerprint density at radius 2 is 1.88 bits per heavy atom. The van der Waals surface area contributed by atoms with Gasteiger partial charge in [-0.2, -0.15) is 0 Å². The SMILES string of the molecule is C=CCC1(C(=O)NCC2(C(=O)O)CC2)CCC1. The lowest BCUT2D eigenvalue weighted by atomic mass is 9.66. The molecule has 4 nitrogen and oxygen atoms in total. The zero-order chi connectivity index (χ0) is 12.5. The van der Waals surface area contributed by atoms with Gasteiger partial charge in [0, 0.05) is 6.54 Å². The van der Waals surface area contributed by atoms with Crippen molar-refractivity contribution < 1.29 is 14.7 Å². The van der Waals surface area contributed by atoms with Crippen molar-refractivity contribution in [3.63, 3.8) is 0 Å². The van der Waals surface area contributed by atoms with Gasteiger partial charge in [0.2, 0.25) is 5.91 Å². The maximum atomic E-state index is 12.1. The summed E-state index contributed by atoms with van der Waals surface area (Å²) in [6, 6.07) is 0. The molecule has 2 saturated carbocycles. The number of amides is 1. The Labute approximate surface area is 101 Å². The Balaban J connectivity index is 1.89. The normalized spacial score (nSPS) is 23.3. The summed E-state index contributed by atoms with van der Waals surface area (Å²) in [6.07, 6.45) is 6.69. The lowest BCUT2D eigenvalue weighted by molar-refractivity contribution is -0.144. The number of carboxylic acid groups (broad SMARTS) is 1. The number of hydrogen-bond donors (Lipinski definition) is 2. The van der Waals surface area contributed by atoms with Gasteiger partial charge in [-0.25, -0.2) is 0 Å². The van der Waals surface area contributed by atoms with Crippen LogP contribution in [0, 0.1) is 10.8 Å². The number of aliphatic carboxylic acids is 1. The van der Waals surface area contributed by atoms with Crippen molar-refractivity contribution in [3.8, 4) is 0 Å². The van der Waals surface area contributed by atoms with E-state index in [1.54, 1.807) is 6.08 Å². The molecule has 0 heterocycles. The van der Waals surface area contributed by atoms with E-state index in [1.165, 1.54) is 0 Å². The minimum Gasteiger partial charge on any atom is -0.481 e. The minimum absolute atomic E-state index is 0.0103. The molecule has 0 aromatic heterocycles. The largest absolute Gasteiger partial charge is 0.481 e. The Morgan fingerprint density at radius 1 is 1.24 bits per heavy atom. The summed E-state index contributed by atoms with van der Waals surface area (Å²) in [5, 5.41) is 11.9. The molecule has 0 atom stereocenters. The highest BCUT2D eigenvalue weighted by molar-refractivity contribution is 5.85. The van der Waals surface area contributed by atoms with Crippen LogP contribution in [0.5, 0.6) is 0 Å². The smallest absolute Gasteiger partial charge is 0.311 e. The number of carboxylic acids is 1. The van der Waals surface area contributed by atoms with Gasteiger partial charge in [0.15, 0.2) is 0 Å². The summed E-state index contributed by atoms with van der Waals surface area (Å²) in [6.45, 7) is 3.96. The second-order valence-corrected chi connectivity index (χ2v) is 5.39. The average Bonchev–Trinajstić information content (AvgIpc) is 3.01. The molecular weight excluding hydrogens is 218 g/mol. The lowest BCUT2D eigenvalue weighted by Gasteiger charge is -2.39. The number of carbonyl (C=O) groups is 2. The lowest BCUT2D eigenvalue weighted by Crippen LogP contribution is -2.47. The highest BCUT2D eigenvalue weighted by Crippen LogP contribution is 2.47. The van der Waals surface area contributed by atoms with Crippen LogP contribution in [-0.2, 0) is 9.59 Å². The molecule has 2 aliphatic rings. The summed E-state index contributed by atoms with van der Waals surface area (Å²) >= 11 is 0. The minimum atomic E-state index is -0.788. The van der Waals surface area contributed by atoms with Gasteiger partial charge < -0.3 is 10.4 Å². The molecule has 0 saturated heterocycles. The van der Waals surface area contributed by atoms with Crippen LogP contribution >= 0.6 is 0 Å². The van der Waals surface area contributed by atoms with Crippen LogP contribution in [0.15, 0.2) is 12.7 Å². The van der Waals surface area contributed by atoms with Crippen molar-refractivity contribution in [3.05, 3.63) is 12.7 Å². The van der Waals surface area contributed by atoms with Crippen LogP contribution in [0.25, 0.3) is 0 Å². The molecule has 4 heteroatoms. The topological polar surface area (TPSA) is 66.4 Å². The Morgan fingerprint density at radius 3 is 2.24 bits per heavy atom. The molecule has 1 amide bonds. The fourth-order valence-electron chi connectivity index (χ4n) is 2.46. The fourth-order valence-corrected chi connectivity index (χ4v) is 2.46. The Bertz CT molecular complexity index is 354. The number of allylic oxidation sites excluding steroid dienone is 1. The molecule has 2 rings (SSSR count). The van der Waals surface area contributed by atoms with E-state index in [2.05, 4.69) is 11.9 Å². The predicted octanol–water partition coefficient (Wildman–Crippen LogP) is 1.71. The molecule has 0 spiro atoms. The molecule has 2 N–H and O–H groups in total. The van der Waals surface area contributed by atoms with Gasteiger partial charge in [-0.05, 0) is 32.1 Å². The van der Waals surface area contributed by atoms with E-state index in [0.29, 0.717) is 19.3 Å². The van der Waals surface area contributed by atoms with E-state index in [4.69, 9.17) is 5.11 Å². The van der Waals surface area contributed by atoms with Gasteiger partial charge in [-0.3, -0.25) is 9.59 Å². The summed E-state index contributed by atoms with van der Waals surface area (Å²) in [5.41, 5.74) is -0.967. The maximum Gasteiger partial charge on any atom is 0.311 e. The third-order valence-corrected chi connectivity index (χ3v) is 4.22. The fraction of sp³-hybridized carbons (Fsp3) is 0.692. The maximum absolute atomic E-state index is 12.1. The Kier molecular flexibility index (Phi) is 2.98. The molecule has 0 radical (unpaired) electrons. The molecule has 0 bridgehead atoms. The summed E-state index contributed by atoms with van der Waals surface area (Å²) in [5.74, 6) is -0.777. The summed E-state index contributed by atoms with van der Waals surface area (Å²) in [7, 11) is 0. The summed E-state index contributed by atoms with van der Waals surface area (Å²) in [4.78, 5) is 23.1. The first kappa shape index (κ1) is 12.1. The molecule has 0 unspecified atom stereocenters. The Hall–Kier alpha value is -1.32. The second-order valence-electron chi connectivity index (χ2n) is 5.39. The third-order valence-electron chi connectivity index (χ3n) is 4.22. The van der Waals surface area contributed by atoms with Gasteiger partial charge in [-0.1, -0.05) is 12.5 Å². The van der Waals surface area contributed by atoms with Crippen molar-refractivity contribution in [2.24, 2.45) is 10.8 Å². The van der Waals surface area contributed by atoms with E-state index >= 15 is 0 Å².